The number of alkyl halides is 8. The summed E-state index contributed by atoms with van der Waals surface area (Å²) in [6.45, 7) is -0.256. The number of carbonyl (C=O) groups excluding carboxylic acids is 1. The maximum Gasteiger partial charge on any atom is 0.457 e. The molecule has 12 heteroatoms. The molecule has 0 saturated carbocycles. The molecule has 0 fully saturated rings. The smallest absolute Gasteiger partial charge is 0.457 e. The van der Waals surface area contributed by atoms with Crippen LogP contribution in [0, 0.1) is 0 Å². The van der Waals surface area contributed by atoms with Gasteiger partial charge >= 0.3 is 24.1 Å². The highest BCUT2D eigenvalue weighted by Gasteiger charge is 2.75. The first-order valence-corrected chi connectivity index (χ1v) is 6.51. The number of rotatable bonds is 9. The van der Waals surface area contributed by atoms with Crippen molar-refractivity contribution in [3.8, 4) is 0 Å². The maximum absolute atomic E-state index is 13.9. The molecule has 0 aliphatic carbocycles. The Bertz CT molecular complexity index is 426. The molecule has 144 valence electrons. The van der Waals surface area contributed by atoms with E-state index in [1.165, 1.54) is 6.92 Å². The van der Waals surface area contributed by atoms with E-state index >= 15 is 0 Å². The Balaban J connectivity index is 5.38. The van der Waals surface area contributed by atoms with E-state index in [0.29, 0.717) is 7.11 Å². The molecule has 0 heterocycles. The minimum atomic E-state index is -6.38. The predicted molar refractivity (Wildman–Crippen MR) is 63.2 cm³/mol. The van der Waals surface area contributed by atoms with Gasteiger partial charge in [0.05, 0.1) is 13.2 Å². The largest absolute Gasteiger partial charge is 0.469 e. The number of methoxy groups -OCH3 is 1. The summed E-state index contributed by atoms with van der Waals surface area (Å²) >= 11 is 0. The fraction of sp³-hybridized carbons (Fsp3) is 0.917. The third-order valence-corrected chi connectivity index (χ3v) is 2.78. The monoisotopic (exact) mass is 376 g/mol. The normalized spacial score (nSPS) is 17.3. The van der Waals surface area contributed by atoms with Crippen LogP contribution in [-0.2, 0) is 19.0 Å². The van der Waals surface area contributed by atoms with Gasteiger partial charge in [0, 0.05) is 0 Å². The molecule has 0 bridgehead atoms. The zero-order valence-electron chi connectivity index (χ0n) is 12.9. The minimum Gasteiger partial charge on any atom is -0.469 e. The van der Waals surface area contributed by atoms with E-state index in [9.17, 15) is 39.9 Å². The third kappa shape index (κ3) is 5.72. The fourth-order valence-corrected chi connectivity index (χ4v) is 1.28. The summed E-state index contributed by atoms with van der Waals surface area (Å²) in [5, 5.41) is 0. The van der Waals surface area contributed by atoms with Gasteiger partial charge in [-0.25, -0.2) is 8.78 Å². The zero-order chi connectivity index (χ0) is 19.4. The average molecular weight is 376 g/mol. The van der Waals surface area contributed by atoms with Gasteiger partial charge in [0.15, 0.2) is 0 Å². The quantitative estimate of drug-likeness (QED) is 0.453. The van der Waals surface area contributed by atoms with E-state index in [1.54, 1.807) is 0 Å². The van der Waals surface area contributed by atoms with Gasteiger partial charge in [0.1, 0.15) is 13.0 Å². The van der Waals surface area contributed by atoms with Crippen LogP contribution in [0.3, 0.4) is 0 Å². The lowest BCUT2D eigenvalue weighted by Gasteiger charge is -2.35. The summed E-state index contributed by atoms with van der Waals surface area (Å²) in [5.74, 6) is -11.8. The standard InChI is InChI=1S/C12H16F8O4/c1-4-7(2)24-12(19,20)10(15,11(16,17)18)23-6-9(13,14)5-8(21)22-3/h7H,4-6H2,1-3H3. The molecule has 0 aromatic rings. The predicted octanol–water partition coefficient (Wildman–Crippen LogP) is 3.84. The molecule has 24 heavy (non-hydrogen) atoms. The van der Waals surface area contributed by atoms with Crippen LogP contribution in [0.2, 0.25) is 0 Å². The lowest BCUT2D eigenvalue weighted by Crippen LogP contribution is -2.60. The summed E-state index contributed by atoms with van der Waals surface area (Å²) in [7, 11) is 0.711. The first-order chi connectivity index (χ1) is 10.6. The Hall–Kier alpha value is -1.17. The van der Waals surface area contributed by atoms with Crippen molar-refractivity contribution in [2.45, 2.75) is 56.9 Å². The molecular formula is C12H16F8O4. The topological polar surface area (TPSA) is 44.8 Å². The molecule has 0 rings (SSSR count). The highest BCUT2D eigenvalue weighted by atomic mass is 19.4. The van der Waals surface area contributed by atoms with Crippen LogP contribution in [0.5, 0.6) is 0 Å². The van der Waals surface area contributed by atoms with Gasteiger partial charge in [-0.1, -0.05) is 6.92 Å². The third-order valence-electron chi connectivity index (χ3n) is 2.78. The van der Waals surface area contributed by atoms with Crippen molar-refractivity contribution in [1.82, 2.24) is 0 Å². The van der Waals surface area contributed by atoms with Crippen LogP contribution < -0.4 is 0 Å². The van der Waals surface area contributed by atoms with E-state index < -0.39 is 49.2 Å². The molecule has 0 amide bonds. The Morgan fingerprint density at radius 3 is 1.92 bits per heavy atom. The van der Waals surface area contributed by atoms with E-state index in [-0.39, 0.29) is 6.42 Å². The summed E-state index contributed by atoms with van der Waals surface area (Å²) in [4.78, 5) is 10.7. The number of hydrogen-bond acceptors (Lipinski definition) is 4. The fourth-order valence-electron chi connectivity index (χ4n) is 1.28. The summed E-state index contributed by atoms with van der Waals surface area (Å²) in [6, 6.07) is 0. The van der Waals surface area contributed by atoms with Gasteiger partial charge in [-0.3, -0.25) is 4.79 Å². The lowest BCUT2D eigenvalue weighted by molar-refractivity contribution is -0.468. The first-order valence-electron chi connectivity index (χ1n) is 6.51. The first kappa shape index (κ1) is 22.8. The molecule has 0 aromatic heterocycles. The van der Waals surface area contributed by atoms with Crippen molar-refractivity contribution >= 4 is 5.97 Å². The van der Waals surface area contributed by atoms with Crippen molar-refractivity contribution in [3.05, 3.63) is 0 Å². The van der Waals surface area contributed by atoms with Gasteiger partial charge in [0.2, 0.25) is 0 Å². The minimum absolute atomic E-state index is 0.206. The molecule has 0 aliphatic heterocycles. The number of hydrogen-bond donors (Lipinski definition) is 0. The van der Waals surface area contributed by atoms with Gasteiger partial charge in [0.25, 0.3) is 5.92 Å². The molecule has 2 atom stereocenters. The SMILES string of the molecule is CCC(C)OC(F)(F)C(F)(OCC(F)(F)CC(=O)OC)C(F)(F)F. The molecule has 4 nitrogen and oxygen atoms in total. The van der Waals surface area contributed by atoms with Crippen LogP contribution in [0.25, 0.3) is 0 Å². The highest BCUT2D eigenvalue weighted by molar-refractivity contribution is 5.70. The second-order valence-corrected chi connectivity index (χ2v) is 4.84. The molecule has 0 aliphatic rings. The second-order valence-electron chi connectivity index (χ2n) is 4.84. The van der Waals surface area contributed by atoms with Crippen LogP contribution >= 0.6 is 0 Å². The van der Waals surface area contributed by atoms with E-state index in [2.05, 4.69) is 14.2 Å². The van der Waals surface area contributed by atoms with Crippen molar-refractivity contribution in [2.75, 3.05) is 13.7 Å². The molecule has 2 unspecified atom stereocenters. The summed E-state index contributed by atoms with van der Waals surface area (Å²) in [6.07, 6.45) is -15.5. The number of carbonyl (C=O) groups is 1. The zero-order valence-corrected chi connectivity index (χ0v) is 12.9. The van der Waals surface area contributed by atoms with Crippen molar-refractivity contribution in [2.24, 2.45) is 0 Å². The Kier molecular flexibility index (Phi) is 7.43. The maximum atomic E-state index is 13.9. The number of halogens is 8. The van der Waals surface area contributed by atoms with Crippen LogP contribution in [0.1, 0.15) is 26.7 Å². The molecule has 0 N–H and O–H groups in total. The van der Waals surface area contributed by atoms with E-state index in [1.807, 2.05) is 0 Å². The number of esters is 1. The molecular weight excluding hydrogens is 360 g/mol. The molecule has 0 spiro atoms. The van der Waals surface area contributed by atoms with E-state index in [0.717, 1.165) is 6.92 Å². The second kappa shape index (κ2) is 7.81. The van der Waals surface area contributed by atoms with Crippen LogP contribution in [0.4, 0.5) is 35.1 Å². The van der Waals surface area contributed by atoms with Gasteiger partial charge in [-0.2, -0.15) is 26.3 Å². The summed E-state index contributed by atoms with van der Waals surface area (Å²) in [5.41, 5.74) is 0. The Labute approximate surface area is 132 Å². The molecule has 0 aromatic carbocycles. The van der Waals surface area contributed by atoms with Crippen LogP contribution in [-0.4, -0.2) is 49.9 Å². The van der Waals surface area contributed by atoms with Crippen molar-refractivity contribution < 1.29 is 54.1 Å². The average Bonchev–Trinajstić information content (AvgIpc) is 2.42. The Morgan fingerprint density at radius 2 is 1.54 bits per heavy atom. The summed E-state index contributed by atoms with van der Waals surface area (Å²) < 4.78 is 116. The van der Waals surface area contributed by atoms with E-state index in [4.69, 9.17) is 0 Å². The van der Waals surface area contributed by atoms with Gasteiger partial charge < -0.3 is 14.2 Å². The van der Waals surface area contributed by atoms with Crippen LogP contribution in [0.15, 0.2) is 0 Å². The van der Waals surface area contributed by atoms with Gasteiger partial charge in [-0.15, -0.1) is 0 Å². The van der Waals surface area contributed by atoms with Crippen molar-refractivity contribution in [3.63, 3.8) is 0 Å². The lowest BCUT2D eigenvalue weighted by atomic mass is 10.2. The molecule has 0 radical (unpaired) electrons. The Morgan fingerprint density at radius 1 is 1.04 bits per heavy atom. The number of ether oxygens (including phenoxy) is 3. The highest BCUT2D eigenvalue weighted by Crippen LogP contribution is 2.48. The van der Waals surface area contributed by atoms with Crippen molar-refractivity contribution in [1.29, 1.82) is 0 Å². The van der Waals surface area contributed by atoms with Gasteiger partial charge in [-0.05, 0) is 13.3 Å². The molecule has 0 saturated heterocycles.